The second kappa shape index (κ2) is 10.5. The molecule has 2 heterocycles. The minimum absolute atomic E-state index is 0.0784. The van der Waals surface area contributed by atoms with Crippen molar-refractivity contribution in [2.75, 3.05) is 19.0 Å². The molecule has 0 bridgehead atoms. The van der Waals surface area contributed by atoms with E-state index in [2.05, 4.69) is 30.3 Å². The molecule has 0 spiro atoms. The molecule has 33 heavy (non-hydrogen) atoms. The number of hydrogen-bond donors (Lipinski definition) is 2. The average Bonchev–Trinajstić information content (AvgIpc) is 2.82. The summed E-state index contributed by atoms with van der Waals surface area (Å²) >= 11 is 0. The van der Waals surface area contributed by atoms with Crippen LogP contribution < -0.4 is 10.6 Å². The fraction of sp³-hybridized carbons (Fsp3) is 0.227. The van der Waals surface area contributed by atoms with Gasteiger partial charge in [-0.1, -0.05) is 12.1 Å². The lowest BCUT2D eigenvalue weighted by atomic mass is 10.1. The highest BCUT2D eigenvalue weighted by Gasteiger charge is 2.30. The molecule has 1 amide bonds. The van der Waals surface area contributed by atoms with Gasteiger partial charge in [0.25, 0.3) is 5.91 Å². The Hall–Kier alpha value is -4.02. The molecular formula is C22H20F3N5O3. The molecular weight excluding hydrogens is 439 g/mol. The maximum atomic E-state index is 12.7. The predicted octanol–water partition coefficient (Wildman–Crippen LogP) is 3.46. The van der Waals surface area contributed by atoms with Crippen LogP contribution in [0, 0.1) is 0 Å². The van der Waals surface area contributed by atoms with Crippen molar-refractivity contribution in [3.63, 3.8) is 0 Å². The first kappa shape index (κ1) is 23.6. The number of rotatable bonds is 8. The molecule has 0 aliphatic heterocycles. The van der Waals surface area contributed by atoms with Crippen LogP contribution in [0.1, 0.15) is 27.9 Å². The zero-order valence-electron chi connectivity index (χ0n) is 17.5. The van der Waals surface area contributed by atoms with Crippen molar-refractivity contribution in [2.24, 2.45) is 0 Å². The minimum atomic E-state index is -4.39. The highest BCUT2D eigenvalue weighted by Crippen LogP contribution is 2.30. The number of aromatic nitrogens is 3. The lowest BCUT2D eigenvalue weighted by Crippen LogP contribution is -2.26. The fourth-order valence-electron chi connectivity index (χ4n) is 2.71. The average molecular weight is 459 g/mol. The van der Waals surface area contributed by atoms with Crippen LogP contribution in [-0.2, 0) is 22.3 Å². The van der Waals surface area contributed by atoms with E-state index in [1.807, 2.05) is 0 Å². The van der Waals surface area contributed by atoms with Gasteiger partial charge in [0.1, 0.15) is 5.82 Å². The Kier molecular flexibility index (Phi) is 7.54. The topological polar surface area (TPSA) is 106 Å². The molecule has 0 saturated carbocycles. The summed E-state index contributed by atoms with van der Waals surface area (Å²) in [6.07, 6.45) is 0.219. The van der Waals surface area contributed by atoms with Gasteiger partial charge in [-0.25, -0.2) is 15.0 Å². The van der Waals surface area contributed by atoms with E-state index >= 15 is 0 Å². The van der Waals surface area contributed by atoms with Crippen molar-refractivity contribution < 1.29 is 27.5 Å². The molecule has 0 radical (unpaired) electrons. The van der Waals surface area contributed by atoms with Gasteiger partial charge in [0.15, 0.2) is 5.82 Å². The van der Waals surface area contributed by atoms with Crippen LogP contribution >= 0.6 is 0 Å². The molecule has 11 heteroatoms. The van der Waals surface area contributed by atoms with E-state index in [1.165, 1.54) is 25.4 Å². The van der Waals surface area contributed by atoms with Crippen LogP contribution in [0.4, 0.5) is 19.0 Å². The van der Waals surface area contributed by atoms with Gasteiger partial charge in [0.05, 0.1) is 24.7 Å². The number of benzene rings is 1. The van der Waals surface area contributed by atoms with Crippen LogP contribution in [0.2, 0.25) is 0 Å². The molecule has 3 aromatic rings. The van der Waals surface area contributed by atoms with Crippen LogP contribution in [0.25, 0.3) is 11.4 Å². The Morgan fingerprint density at radius 3 is 2.24 bits per heavy atom. The van der Waals surface area contributed by atoms with Crippen LogP contribution in [0.3, 0.4) is 0 Å². The minimum Gasteiger partial charge on any atom is -0.469 e. The highest BCUT2D eigenvalue weighted by atomic mass is 19.4. The molecule has 0 aliphatic carbocycles. The van der Waals surface area contributed by atoms with Crippen molar-refractivity contribution in [3.05, 3.63) is 71.7 Å². The summed E-state index contributed by atoms with van der Waals surface area (Å²) in [4.78, 5) is 35.7. The number of alkyl halides is 3. The molecule has 0 atom stereocenters. The van der Waals surface area contributed by atoms with E-state index in [9.17, 15) is 22.8 Å². The SMILES string of the molecule is COC(=O)CCNC(=O)c1ccc(NCc2cnc(-c3ccc(C(F)(F)F)cc3)nc2)nc1. The summed E-state index contributed by atoms with van der Waals surface area (Å²) < 4.78 is 42.5. The van der Waals surface area contributed by atoms with Crippen LogP contribution in [0.5, 0.6) is 0 Å². The third kappa shape index (κ3) is 6.73. The number of carbonyl (C=O) groups excluding carboxylic acids is 2. The third-order valence-electron chi connectivity index (χ3n) is 4.52. The molecule has 0 unspecified atom stereocenters. The number of hydrogen-bond acceptors (Lipinski definition) is 7. The maximum absolute atomic E-state index is 12.7. The summed E-state index contributed by atoms with van der Waals surface area (Å²) in [6, 6.07) is 7.85. The molecule has 3 rings (SSSR count). The van der Waals surface area contributed by atoms with Crippen LogP contribution in [-0.4, -0.2) is 40.5 Å². The number of carbonyl (C=O) groups is 2. The second-order valence-corrected chi connectivity index (χ2v) is 6.86. The number of amides is 1. The number of nitrogens with zero attached hydrogens (tertiary/aromatic N) is 3. The molecule has 2 N–H and O–H groups in total. The third-order valence-corrected chi connectivity index (χ3v) is 4.52. The zero-order chi connectivity index (χ0) is 23.8. The largest absolute Gasteiger partial charge is 0.469 e. The first-order valence-electron chi connectivity index (χ1n) is 9.80. The predicted molar refractivity (Wildman–Crippen MR) is 113 cm³/mol. The van der Waals surface area contributed by atoms with Gasteiger partial charge in [0.2, 0.25) is 0 Å². The highest BCUT2D eigenvalue weighted by molar-refractivity contribution is 5.94. The molecule has 0 saturated heterocycles. The molecule has 172 valence electrons. The van der Waals surface area contributed by atoms with Crippen LogP contribution in [0.15, 0.2) is 55.0 Å². The maximum Gasteiger partial charge on any atom is 0.416 e. The summed E-state index contributed by atoms with van der Waals surface area (Å²) in [5, 5.41) is 5.67. The van der Waals surface area contributed by atoms with Crippen molar-refractivity contribution in [1.82, 2.24) is 20.3 Å². The number of methoxy groups -OCH3 is 1. The molecule has 1 aromatic carbocycles. The monoisotopic (exact) mass is 459 g/mol. The molecule has 0 fully saturated rings. The van der Waals surface area contributed by atoms with E-state index in [1.54, 1.807) is 24.5 Å². The Labute approximate surface area is 187 Å². The van der Waals surface area contributed by atoms with Crippen molar-refractivity contribution in [3.8, 4) is 11.4 Å². The second-order valence-electron chi connectivity index (χ2n) is 6.86. The van der Waals surface area contributed by atoms with E-state index < -0.39 is 17.7 Å². The summed E-state index contributed by atoms with van der Waals surface area (Å²) in [5.41, 5.74) is 0.820. The van der Waals surface area contributed by atoms with Crippen molar-refractivity contribution in [2.45, 2.75) is 19.1 Å². The van der Waals surface area contributed by atoms with Gasteiger partial charge in [-0.15, -0.1) is 0 Å². The Balaban J connectivity index is 1.52. The Bertz CT molecular complexity index is 1090. The smallest absolute Gasteiger partial charge is 0.416 e. The quantitative estimate of drug-likeness (QED) is 0.497. The number of nitrogens with one attached hydrogen (secondary N) is 2. The van der Waals surface area contributed by atoms with Gasteiger partial charge >= 0.3 is 12.1 Å². The number of pyridine rings is 1. The number of anilines is 1. The normalized spacial score (nSPS) is 11.0. The first-order chi connectivity index (χ1) is 15.8. The van der Waals surface area contributed by atoms with Gasteiger partial charge < -0.3 is 15.4 Å². The summed E-state index contributed by atoms with van der Waals surface area (Å²) in [5.74, 6) is 0.0654. The van der Waals surface area contributed by atoms with E-state index in [-0.39, 0.29) is 18.9 Å². The lowest BCUT2D eigenvalue weighted by Gasteiger charge is -2.08. The first-order valence-corrected chi connectivity index (χ1v) is 9.80. The Morgan fingerprint density at radius 1 is 0.970 bits per heavy atom. The standard InChI is InChI=1S/C22H20F3N5O3/c1-33-19(31)8-9-26-21(32)16-4-7-18(28-13-16)27-10-14-11-29-20(30-12-14)15-2-5-17(6-3-15)22(23,24)25/h2-7,11-13H,8-10H2,1H3,(H,26,32)(H,27,28). The number of ether oxygens (including phenoxy) is 1. The van der Waals surface area contributed by atoms with Gasteiger partial charge in [-0.2, -0.15) is 13.2 Å². The molecule has 0 aliphatic rings. The number of esters is 1. The molecule has 8 nitrogen and oxygen atoms in total. The van der Waals surface area contributed by atoms with E-state index in [0.717, 1.165) is 17.7 Å². The molecule has 2 aromatic heterocycles. The van der Waals surface area contributed by atoms with E-state index in [0.29, 0.717) is 29.3 Å². The van der Waals surface area contributed by atoms with Crippen molar-refractivity contribution >= 4 is 17.7 Å². The van der Waals surface area contributed by atoms with Gasteiger partial charge in [-0.3, -0.25) is 9.59 Å². The lowest BCUT2D eigenvalue weighted by molar-refractivity contribution is -0.140. The van der Waals surface area contributed by atoms with Gasteiger partial charge in [0, 0.05) is 42.8 Å². The summed E-state index contributed by atoms with van der Waals surface area (Å²) in [6.45, 7) is 0.513. The van der Waals surface area contributed by atoms with Gasteiger partial charge in [-0.05, 0) is 24.3 Å². The Morgan fingerprint density at radius 2 is 1.67 bits per heavy atom. The zero-order valence-corrected chi connectivity index (χ0v) is 17.5. The van der Waals surface area contributed by atoms with E-state index in [4.69, 9.17) is 0 Å². The number of halogens is 3. The van der Waals surface area contributed by atoms with Crippen molar-refractivity contribution in [1.29, 1.82) is 0 Å². The summed E-state index contributed by atoms with van der Waals surface area (Å²) in [7, 11) is 1.28. The fourth-order valence-corrected chi connectivity index (χ4v) is 2.71.